The molecule has 0 fully saturated rings. The molecular weight excluding hydrogens is 248 g/mol. The van der Waals surface area contributed by atoms with Gasteiger partial charge in [-0.1, -0.05) is 24.3 Å². The topological polar surface area (TPSA) is 76.8 Å². The molecular formula is C16H24N4. The molecule has 0 heterocycles. The Morgan fingerprint density at radius 2 is 0.950 bits per heavy atom. The van der Waals surface area contributed by atoms with E-state index in [1.54, 1.807) is 0 Å². The zero-order valence-corrected chi connectivity index (χ0v) is 12.0. The Kier molecular flexibility index (Phi) is 5.59. The summed E-state index contributed by atoms with van der Waals surface area (Å²) in [5.74, 6) is 11.0. The molecule has 0 saturated heterocycles. The molecule has 3 rings (SSSR count). The van der Waals surface area contributed by atoms with E-state index in [1.807, 2.05) is 0 Å². The van der Waals surface area contributed by atoms with E-state index in [0.717, 1.165) is 62.8 Å². The van der Waals surface area contributed by atoms with Crippen molar-refractivity contribution in [3.8, 4) is 0 Å². The van der Waals surface area contributed by atoms with Crippen LogP contribution in [-0.4, -0.2) is 11.4 Å². The Morgan fingerprint density at radius 3 is 1.30 bits per heavy atom. The third kappa shape index (κ3) is 4.08. The molecule has 108 valence electrons. The summed E-state index contributed by atoms with van der Waals surface area (Å²) in [6.45, 7) is 0. The summed E-state index contributed by atoms with van der Waals surface area (Å²) in [5.41, 5.74) is 4.56. The third-order valence-corrected chi connectivity index (χ3v) is 3.93. The molecule has 0 amide bonds. The second-order valence-electron chi connectivity index (χ2n) is 5.38. The molecule has 1 aromatic carbocycles. The first-order valence-corrected chi connectivity index (χ1v) is 7.45. The summed E-state index contributed by atoms with van der Waals surface area (Å²) in [5, 5.41) is 7.77. The molecule has 0 aromatic heterocycles. The first-order chi connectivity index (χ1) is 9.83. The number of hydrogen-bond donors (Lipinski definition) is 2. The van der Waals surface area contributed by atoms with Crippen molar-refractivity contribution in [3.63, 3.8) is 0 Å². The van der Waals surface area contributed by atoms with Crippen LogP contribution in [0, 0.1) is 0 Å². The maximum Gasteiger partial charge on any atom is 0.0832 e. The number of benzene rings is 1. The average molecular weight is 272 g/mol. The first-order valence-electron chi connectivity index (χ1n) is 7.45. The van der Waals surface area contributed by atoms with Crippen LogP contribution in [0.25, 0.3) is 0 Å². The third-order valence-electron chi connectivity index (χ3n) is 3.93. The second kappa shape index (κ2) is 7.68. The zero-order valence-electron chi connectivity index (χ0n) is 12.0. The maximum atomic E-state index is 5.49. The highest BCUT2D eigenvalue weighted by Crippen LogP contribution is 2.14. The molecule has 2 aliphatic carbocycles. The van der Waals surface area contributed by atoms with Gasteiger partial charge in [0.1, 0.15) is 0 Å². The van der Waals surface area contributed by atoms with Gasteiger partial charge >= 0.3 is 0 Å². The SMILES string of the molecule is N/N=C1\CCCCc2ccc(cc2)CCCC\C1=N/N. The van der Waals surface area contributed by atoms with E-state index < -0.39 is 0 Å². The second-order valence-corrected chi connectivity index (χ2v) is 5.38. The summed E-state index contributed by atoms with van der Waals surface area (Å²) in [6, 6.07) is 9.02. The van der Waals surface area contributed by atoms with E-state index in [1.165, 1.54) is 11.1 Å². The molecule has 4 nitrogen and oxygen atoms in total. The molecule has 2 aliphatic rings. The Morgan fingerprint density at radius 1 is 0.600 bits per heavy atom. The van der Waals surface area contributed by atoms with E-state index in [-0.39, 0.29) is 0 Å². The predicted molar refractivity (Wildman–Crippen MR) is 84.8 cm³/mol. The van der Waals surface area contributed by atoms with Crippen molar-refractivity contribution in [1.29, 1.82) is 0 Å². The van der Waals surface area contributed by atoms with E-state index in [0.29, 0.717) is 0 Å². The van der Waals surface area contributed by atoms with Crippen LogP contribution >= 0.6 is 0 Å². The number of rotatable bonds is 0. The highest BCUT2D eigenvalue weighted by Gasteiger charge is 2.10. The summed E-state index contributed by atoms with van der Waals surface area (Å²) in [4.78, 5) is 0. The van der Waals surface area contributed by atoms with Crippen LogP contribution in [0.2, 0.25) is 0 Å². The quantitative estimate of drug-likeness (QED) is 0.562. The molecule has 0 unspecified atom stereocenters. The van der Waals surface area contributed by atoms with Gasteiger partial charge in [-0.2, -0.15) is 10.2 Å². The fraction of sp³-hybridized carbons (Fsp3) is 0.500. The molecule has 4 N–H and O–H groups in total. The fourth-order valence-electron chi connectivity index (χ4n) is 2.68. The average Bonchev–Trinajstić information content (AvgIpc) is 2.50. The standard InChI is InChI=1S/C16H24N4/c17-19-15-7-3-1-5-13-9-11-14(12-10-13)6-2-4-8-16(15)20-18/h9-12H,1-8,17-18H2/b19-15+,20-16+. The zero-order chi connectivity index (χ0) is 14.2. The number of nitrogens with two attached hydrogens (primary N) is 2. The minimum Gasteiger partial charge on any atom is -0.323 e. The number of fused-ring (bicyclic) bond motifs is 11. The van der Waals surface area contributed by atoms with Crippen molar-refractivity contribution in [1.82, 2.24) is 0 Å². The van der Waals surface area contributed by atoms with Crippen molar-refractivity contribution in [2.24, 2.45) is 21.9 Å². The monoisotopic (exact) mass is 272 g/mol. The van der Waals surface area contributed by atoms with Gasteiger partial charge in [-0.15, -0.1) is 0 Å². The summed E-state index contributed by atoms with van der Waals surface area (Å²) >= 11 is 0. The molecule has 0 aliphatic heterocycles. The number of hydrazone groups is 2. The lowest BCUT2D eigenvalue weighted by Crippen LogP contribution is -2.18. The Bertz CT molecular complexity index is 429. The van der Waals surface area contributed by atoms with Gasteiger partial charge in [0.25, 0.3) is 0 Å². The molecule has 0 saturated carbocycles. The number of aryl methyl sites for hydroxylation is 2. The Labute approximate surface area is 120 Å². The van der Waals surface area contributed by atoms with Gasteiger partial charge in [-0.25, -0.2) is 0 Å². The van der Waals surface area contributed by atoms with Crippen molar-refractivity contribution >= 4 is 11.4 Å². The number of hydrogen-bond acceptors (Lipinski definition) is 4. The fourth-order valence-corrected chi connectivity index (χ4v) is 2.68. The minimum atomic E-state index is 0.866. The maximum absolute atomic E-state index is 5.49. The highest BCUT2D eigenvalue weighted by molar-refractivity contribution is 6.42. The van der Waals surface area contributed by atoms with Gasteiger partial charge in [-0.3, -0.25) is 0 Å². The summed E-state index contributed by atoms with van der Waals surface area (Å²) < 4.78 is 0. The molecule has 0 atom stereocenters. The van der Waals surface area contributed by atoms with Crippen molar-refractivity contribution in [2.45, 2.75) is 51.4 Å². The smallest absolute Gasteiger partial charge is 0.0832 e. The van der Waals surface area contributed by atoms with Crippen LogP contribution < -0.4 is 11.7 Å². The van der Waals surface area contributed by atoms with Gasteiger partial charge in [0.15, 0.2) is 0 Å². The van der Waals surface area contributed by atoms with Gasteiger partial charge < -0.3 is 11.7 Å². The van der Waals surface area contributed by atoms with E-state index >= 15 is 0 Å². The highest BCUT2D eigenvalue weighted by atomic mass is 15.2. The Hall–Kier alpha value is -1.84. The van der Waals surface area contributed by atoms with Gasteiger partial charge in [-0.05, 0) is 62.5 Å². The van der Waals surface area contributed by atoms with Crippen LogP contribution in [-0.2, 0) is 12.8 Å². The van der Waals surface area contributed by atoms with Crippen molar-refractivity contribution in [2.75, 3.05) is 0 Å². The van der Waals surface area contributed by atoms with Gasteiger partial charge in [0, 0.05) is 0 Å². The van der Waals surface area contributed by atoms with Crippen LogP contribution in [0.15, 0.2) is 34.5 Å². The van der Waals surface area contributed by atoms with Crippen LogP contribution in [0.1, 0.15) is 49.7 Å². The summed E-state index contributed by atoms with van der Waals surface area (Å²) in [7, 11) is 0. The van der Waals surface area contributed by atoms with E-state index in [2.05, 4.69) is 34.5 Å². The molecule has 0 spiro atoms. The van der Waals surface area contributed by atoms with Crippen LogP contribution in [0.5, 0.6) is 0 Å². The number of nitrogens with zero attached hydrogens (tertiary/aromatic N) is 2. The van der Waals surface area contributed by atoms with Crippen LogP contribution in [0.4, 0.5) is 0 Å². The lowest BCUT2D eigenvalue weighted by molar-refractivity contribution is 0.745. The van der Waals surface area contributed by atoms with Crippen molar-refractivity contribution < 1.29 is 0 Å². The molecule has 0 radical (unpaired) electrons. The molecule has 2 bridgehead atoms. The Balaban J connectivity index is 2.07. The predicted octanol–water partition coefficient (Wildman–Crippen LogP) is 2.76. The normalized spacial score (nSPS) is 22.0. The van der Waals surface area contributed by atoms with E-state index in [9.17, 15) is 0 Å². The largest absolute Gasteiger partial charge is 0.323 e. The summed E-state index contributed by atoms with van der Waals surface area (Å²) in [6.07, 6.45) is 8.34. The lowest BCUT2D eigenvalue weighted by atomic mass is 9.97. The molecule has 1 aromatic rings. The lowest BCUT2D eigenvalue weighted by Gasteiger charge is -2.10. The van der Waals surface area contributed by atoms with E-state index in [4.69, 9.17) is 11.7 Å². The molecule has 20 heavy (non-hydrogen) atoms. The van der Waals surface area contributed by atoms with Crippen molar-refractivity contribution in [3.05, 3.63) is 35.4 Å². The molecule has 4 heteroatoms. The van der Waals surface area contributed by atoms with Gasteiger partial charge in [0.05, 0.1) is 11.4 Å². The van der Waals surface area contributed by atoms with Gasteiger partial charge in [0.2, 0.25) is 0 Å². The first kappa shape index (κ1) is 14.6. The minimum absolute atomic E-state index is 0.866. The van der Waals surface area contributed by atoms with Crippen LogP contribution in [0.3, 0.4) is 0 Å².